The number of benzene rings is 1. The van der Waals surface area contributed by atoms with E-state index in [1.807, 2.05) is 19.1 Å². The molecular weight excluding hydrogens is 238 g/mol. The molecule has 88 valence electrons. The van der Waals surface area contributed by atoms with Gasteiger partial charge in [-0.1, -0.05) is 17.7 Å². The second kappa shape index (κ2) is 4.22. The van der Waals surface area contributed by atoms with Gasteiger partial charge in [-0.3, -0.25) is 4.79 Å². The molecule has 1 aromatic heterocycles. The molecule has 2 rings (SSSR count). The van der Waals surface area contributed by atoms with Gasteiger partial charge in [0.25, 0.3) is 5.91 Å². The largest absolute Gasteiger partial charge is 0.364 e. The SMILES string of the molecule is Cc1ccc(Cl)c(-n2nc(C)cc2C(N)=O)c1. The molecular formula is C12H12ClN3O. The number of primary amides is 1. The average Bonchev–Trinajstić information content (AvgIpc) is 2.64. The van der Waals surface area contributed by atoms with E-state index in [-0.39, 0.29) is 0 Å². The molecule has 0 spiro atoms. The highest BCUT2D eigenvalue weighted by atomic mass is 35.5. The number of aryl methyl sites for hydroxylation is 2. The van der Waals surface area contributed by atoms with Gasteiger partial charge in [0, 0.05) is 0 Å². The van der Waals surface area contributed by atoms with Crippen molar-refractivity contribution in [3.05, 3.63) is 46.2 Å². The Morgan fingerprint density at radius 2 is 2.06 bits per heavy atom. The van der Waals surface area contributed by atoms with Crippen LogP contribution in [0, 0.1) is 13.8 Å². The first-order valence-electron chi connectivity index (χ1n) is 5.12. The van der Waals surface area contributed by atoms with Crippen LogP contribution in [-0.2, 0) is 0 Å². The maximum Gasteiger partial charge on any atom is 0.267 e. The Labute approximate surface area is 104 Å². The van der Waals surface area contributed by atoms with Crippen LogP contribution in [0.5, 0.6) is 0 Å². The predicted octanol–water partition coefficient (Wildman–Crippen LogP) is 2.24. The summed E-state index contributed by atoms with van der Waals surface area (Å²) in [6.45, 7) is 3.74. The predicted molar refractivity (Wildman–Crippen MR) is 66.6 cm³/mol. The lowest BCUT2D eigenvalue weighted by Gasteiger charge is -2.08. The highest BCUT2D eigenvalue weighted by molar-refractivity contribution is 6.32. The minimum atomic E-state index is -0.525. The van der Waals surface area contributed by atoms with Crippen molar-refractivity contribution in [2.24, 2.45) is 5.73 Å². The number of nitrogens with two attached hydrogens (primary N) is 1. The van der Waals surface area contributed by atoms with Crippen LogP contribution in [0.3, 0.4) is 0 Å². The molecule has 0 unspecified atom stereocenters. The summed E-state index contributed by atoms with van der Waals surface area (Å²) in [6, 6.07) is 7.17. The normalized spacial score (nSPS) is 10.5. The molecule has 1 aromatic carbocycles. The Morgan fingerprint density at radius 1 is 1.35 bits per heavy atom. The zero-order valence-corrected chi connectivity index (χ0v) is 10.3. The minimum absolute atomic E-state index is 0.329. The lowest BCUT2D eigenvalue weighted by atomic mass is 10.2. The fourth-order valence-corrected chi connectivity index (χ4v) is 1.84. The van der Waals surface area contributed by atoms with E-state index in [0.29, 0.717) is 16.4 Å². The van der Waals surface area contributed by atoms with Gasteiger partial charge in [-0.15, -0.1) is 0 Å². The Kier molecular flexibility index (Phi) is 2.90. The zero-order chi connectivity index (χ0) is 12.6. The number of halogens is 1. The second-order valence-electron chi connectivity index (χ2n) is 3.90. The summed E-state index contributed by atoms with van der Waals surface area (Å²) in [5, 5.41) is 4.76. The fraction of sp³-hybridized carbons (Fsp3) is 0.167. The maximum atomic E-state index is 11.3. The Hall–Kier alpha value is -1.81. The van der Waals surface area contributed by atoms with Crippen molar-refractivity contribution in [2.75, 3.05) is 0 Å². The summed E-state index contributed by atoms with van der Waals surface area (Å²) >= 11 is 6.10. The van der Waals surface area contributed by atoms with Crippen molar-refractivity contribution < 1.29 is 4.79 Å². The third kappa shape index (κ3) is 2.17. The summed E-state index contributed by atoms with van der Waals surface area (Å²) in [5.41, 5.74) is 8.05. The highest BCUT2D eigenvalue weighted by Gasteiger charge is 2.14. The second-order valence-corrected chi connectivity index (χ2v) is 4.31. The minimum Gasteiger partial charge on any atom is -0.364 e. The number of carbonyl (C=O) groups is 1. The molecule has 1 amide bonds. The van der Waals surface area contributed by atoms with Gasteiger partial charge >= 0.3 is 0 Å². The molecule has 0 saturated heterocycles. The Bertz CT molecular complexity index is 589. The van der Waals surface area contributed by atoms with Crippen molar-refractivity contribution in [3.8, 4) is 5.69 Å². The number of rotatable bonds is 2. The van der Waals surface area contributed by atoms with Gasteiger partial charge in [-0.25, -0.2) is 4.68 Å². The quantitative estimate of drug-likeness (QED) is 0.887. The summed E-state index contributed by atoms with van der Waals surface area (Å²) in [5.74, 6) is -0.525. The monoisotopic (exact) mass is 249 g/mol. The molecule has 0 radical (unpaired) electrons. The van der Waals surface area contributed by atoms with Crippen LogP contribution in [0.4, 0.5) is 0 Å². The molecule has 2 N–H and O–H groups in total. The van der Waals surface area contributed by atoms with E-state index < -0.39 is 5.91 Å². The van der Waals surface area contributed by atoms with E-state index in [9.17, 15) is 4.79 Å². The van der Waals surface area contributed by atoms with Gasteiger partial charge < -0.3 is 5.73 Å². The van der Waals surface area contributed by atoms with E-state index in [0.717, 1.165) is 11.3 Å². The van der Waals surface area contributed by atoms with Crippen molar-refractivity contribution in [1.82, 2.24) is 9.78 Å². The van der Waals surface area contributed by atoms with Crippen LogP contribution in [-0.4, -0.2) is 15.7 Å². The highest BCUT2D eigenvalue weighted by Crippen LogP contribution is 2.23. The molecule has 5 heteroatoms. The molecule has 0 atom stereocenters. The van der Waals surface area contributed by atoms with E-state index in [4.69, 9.17) is 17.3 Å². The standard InChI is InChI=1S/C12H12ClN3O/c1-7-3-4-9(13)10(5-7)16-11(12(14)17)6-8(2)15-16/h3-6H,1-2H3,(H2,14,17). The average molecular weight is 250 g/mol. The van der Waals surface area contributed by atoms with Gasteiger partial charge in [0.1, 0.15) is 5.69 Å². The van der Waals surface area contributed by atoms with Crippen molar-refractivity contribution >= 4 is 17.5 Å². The smallest absolute Gasteiger partial charge is 0.267 e. The molecule has 0 aliphatic rings. The molecule has 2 aromatic rings. The lowest BCUT2D eigenvalue weighted by Crippen LogP contribution is -2.16. The van der Waals surface area contributed by atoms with Crippen LogP contribution in [0.1, 0.15) is 21.7 Å². The van der Waals surface area contributed by atoms with Crippen LogP contribution >= 0.6 is 11.6 Å². The summed E-state index contributed by atoms with van der Waals surface area (Å²) in [7, 11) is 0. The number of hydrogen-bond acceptors (Lipinski definition) is 2. The molecule has 17 heavy (non-hydrogen) atoms. The van der Waals surface area contributed by atoms with E-state index in [2.05, 4.69) is 5.10 Å². The molecule has 1 heterocycles. The third-order valence-electron chi connectivity index (χ3n) is 2.41. The van der Waals surface area contributed by atoms with Gasteiger partial charge in [0.2, 0.25) is 0 Å². The Morgan fingerprint density at radius 3 is 2.71 bits per heavy atom. The van der Waals surface area contributed by atoms with Crippen LogP contribution in [0.2, 0.25) is 5.02 Å². The van der Waals surface area contributed by atoms with E-state index >= 15 is 0 Å². The number of aromatic nitrogens is 2. The van der Waals surface area contributed by atoms with Crippen LogP contribution in [0.25, 0.3) is 5.69 Å². The number of carbonyl (C=O) groups excluding carboxylic acids is 1. The first-order valence-corrected chi connectivity index (χ1v) is 5.50. The summed E-state index contributed by atoms with van der Waals surface area (Å²) < 4.78 is 1.48. The van der Waals surface area contributed by atoms with Gasteiger partial charge in [-0.2, -0.15) is 5.10 Å². The molecule has 0 saturated carbocycles. The topological polar surface area (TPSA) is 60.9 Å². The fourth-order valence-electron chi connectivity index (χ4n) is 1.64. The Balaban J connectivity index is 2.67. The third-order valence-corrected chi connectivity index (χ3v) is 2.73. The van der Waals surface area contributed by atoms with Gasteiger partial charge in [0.05, 0.1) is 16.4 Å². The first-order chi connectivity index (χ1) is 7.99. The van der Waals surface area contributed by atoms with E-state index in [1.54, 1.807) is 19.1 Å². The first kappa shape index (κ1) is 11.7. The van der Waals surface area contributed by atoms with Crippen molar-refractivity contribution in [3.63, 3.8) is 0 Å². The van der Waals surface area contributed by atoms with Crippen molar-refractivity contribution in [1.29, 1.82) is 0 Å². The lowest BCUT2D eigenvalue weighted by molar-refractivity contribution is 0.0993. The van der Waals surface area contributed by atoms with Crippen molar-refractivity contribution in [2.45, 2.75) is 13.8 Å². The zero-order valence-electron chi connectivity index (χ0n) is 9.57. The van der Waals surface area contributed by atoms with Gasteiger partial charge in [0.15, 0.2) is 0 Å². The molecule has 0 bridgehead atoms. The molecule has 0 aliphatic carbocycles. The number of amides is 1. The maximum absolute atomic E-state index is 11.3. The van der Waals surface area contributed by atoms with E-state index in [1.165, 1.54) is 4.68 Å². The number of nitrogens with zero attached hydrogens (tertiary/aromatic N) is 2. The summed E-state index contributed by atoms with van der Waals surface area (Å²) in [6.07, 6.45) is 0. The molecule has 0 aliphatic heterocycles. The van der Waals surface area contributed by atoms with Crippen LogP contribution in [0.15, 0.2) is 24.3 Å². The summed E-state index contributed by atoms with van der Waals surface area (Å²) in [4.78, 5) is 11.3. The van der Waals surface area contributed by atoms with Gasteiger partial charge in [-0.05, 0) is 37.6 Å². The number of hydrogen-bond donors (Lipinski definition) is 1. The molecule has 0 fully saturated rings. The van der Waals surface area contributed by atoms with Crippen LogP contribution < -0.4 is 5.73 Å². The molecule has 4 nitrogen and oxygen atoms in total.